The lowest BCUT2D eigenvalue weighted by Crippen LogP contribution is -2.40. The summed E-state index contributed by atoms with van der Waals surface area (Å²) in [5.41, 5.74) is 3.77. The van der Waals surface area contributed by atoms with Crippen LogP contribution in [0.25, 0.3) is 11.3 Å². The predicted molar refractivity (Wildman–Crippen MR) is 158 cm³/mol. The van der Waals surface area contributed by atoms with Gasteiger partial charge in [-0.25, -0.2) is 9.78 Å². The van der Waals surface area contributed by atoms with Crippen molar-refractivity contribution < 1.29 is 18.8 Å². The summed E-state index contributed by atoms with van der Waals surface area (Å²) in [4.78, 5) is 37.2. The number of rotatable bonds is 9. The Morgan fingerprint density at radius 1 is 1.12 bits per heavy atom. The Morgan fingerprint density at radius 2 is 1.93 bits per heavy atom. The Bertz CT molecular complexity index is 1360. The average Bonchev–Trinajstić information content (AvgIpc) is 3.32. The second kappa shape index (κ2) is 12.1. The van der Waals surface area contributed by atoms with Gasteiger partial charge in [-0.2, -0.15) is 0 Å². The summed E-state index contributed by atoms with van der Waals surface area (Å²) >= 11 is 0. The van der Waals surface area contributed by atoms with Gasteiger partial charge in [0.15, 0.2) is 14.1 Å². The van der Waals surface area contributed by atoms with E-state index in [9.17, 15) is 9.59 Å². The molecule has 1 aromatic carbocycles. The van der Waals surface area contributed by atoms with E-state index in [-0.39, 0.29) is 16.9 Å². The van der Waals surface area contributed by atoms with Gasteiger partial charge in [0, 0.05) is 24.4 Å². The molecule has 0 radical (unpaired) electrons. The molecule has 1 aliphatic heterocycles. The number of carbonyl (C=O) groups is 2. The molecule has 1 unspecified atom stereocenters. The number of aryl methyl sites for hydroxylation is 1. The number of urea groups is 1. The van der Waals surface area contributed by atoms with Crippen LogP contribution < -0.4 is 20.7 Å². The van der Waals surface area contributed by atoms with Crippen LogP contribution in [0.4, 0.5) is 16.3 Å². The van der Waals surface area contributed by atoms with E-state index in [0.29, 0.717) is 43.4 Å². The number of hydrogen-bond acceptors (Lipinski definition) is 7. The number of pyridine rings is 1. The summed E-state index contributed by atoms with van der Waals surface area (Å²) in [6.45, 7) is 14.5. The lowest BCUT2D eigenvalue weighted by atomic mass is 10.1. The van der Waals surface area contributed by atoms with Crippen LogP contribution in [0, 0.1) is 12.8 Å². The third kappa shape index (κ3) is 7.63. The smallest absolute Gasteiger partial charge is 0.324 e. The highest BCUT2D eigenvalue weighted by Gasteiger charge is 2.37. The number of carbonyl (C=O) groups excluding carboxylic acids is 2. The van der Waals surface area contributed by atoms with Crippen molar-refractivity contribution in [1.82, 2.24) is 20.3 Å². The summed E-state index contributed by atoms with van der Waals surface area (Å²) < 4.78 is 12.2. The minimum absolute atomic E-state index is 0.0681. The van der Waals surface area contributed by atoms with Crippen molar-refractivity contribution in [2.75, 3.05) is 23.8 Å². The Labute approximate surface area is 236 Å². The molecule has 3 N–H and O–H groups in total. The lowest BCUT2D eigenvalue weighted by Gasteiger charge is -2.36. The Morgan fingerprint density at radius 3 is 2.58 bits per heavy atom. The van der Waals surface area contributed by atoms with Crippen molar-refractivity contribution in [1.29, 1.82) is 0 Å². The van der Waals surface area contributed by atoms with Crippen molar-refractivity contribution in [3.63, 3.8) is 0 Å². The van der Waals surface area contributed by atoms with E-state index in [4.69, 9.17) is 9.16 Å². The number of anilines is 2. The molecule has 3 heterocycles. The predicted octanol–water partition coefficient (Wildman–Crippen LogP) is 5.53. The molecule has 0 saturated carbocycles. The summed E-state index contributed by atoms with van der Waals surface area (Å²) in [6.07, 6.45) is 5.24. The molecule has 1 aliphatic rings. The van der Waals surface area contributed by atoms with Crippen LogP contribution >= 0.6 is 0 Å². The fourth-order valence-electron chi connectivity index (χ4n) is 3.86. The minimum Gasteiger partial charge on any atom is -0.493 e. The first-order chi connectivity index (χ1) is 18.9. The second-order valence-corrected chi connectivity index (χ2v) is 16.4. The molecule has 3 aromatic rings. The molecule has 0 bridgehead atoms. The van der Waals surface area contributed by atoms with Gasteiger partial charge >= 0.3 is 6.03 Å². The third-order valence-electron chi connectivity index (χ3n) is 7.35. The minimum atomic E-state index is -1.87. The zero-order chi connectivity index (χ0) is 28.9. The zero-order valence-electron chi connectivity index (χ0n) is 24.0. The maximum atomic E-state index is 12.6. The van der Waals surface area contributed by atoms with Crippen molar-refractivity contribution >= 4 is 31.8 Å². The van der Waals surface area contributed by atoms with Crippen LogP contribution in [0.15, 0.2) is 48.9 Å². The van der Waals surface area contributed by atoms with E-state index >= 15 is 0 Å². The summed E-state index contributed by atoms with van der Waals surface area (Å²) in [5, 5.41) is 8.45. The van der Waals surface area contributed by atoms with Gasteiger partial charge in [-0.1, -0.05) is 20.8 Å². The second-order valence-electron chi connectivity index (χ2n) is 11.6. The highest BCUT2D eigenvalue weighted by Crippen LogP contribution is 2.37. The molecular weight excluding hydrogens is 524 g/mol. The van der Waals surface area contributed by atoms with E-state index in [1.54, 1.807) is 18.5 Å². The monoisotopic (exact) mass is 562 g/mol. The Hall–Kier alpha value is -3.83. The fourth-order valence-corrected chi connectivity index (χ4v) is 4.80. The Balaban J connectivity index is 1.31. The van der Waals surface area contributed by atoms with Gasteiger partial charge in [-0.15, -0.1) is 0 Å². The van der Waals surface area contributed by atoms with E-state index in [0.717, 1.165) is 22.6 Å². The number of amides is 3. The Kier molecular flexibility index (Phi) is 8.84. The normalized spacial score (nSPS) is 15.4. The maximum Gasteiger partial charge on any atom is 0.324 e. The van der Waals surface area contributed by atoms with Crippen LogP contribution in [-0.4, -0.2) is 48.4 Å². The third-order valence-corrected chi connectivity index (χ3v) is 11.8. The van der Waals surface area contributed by atoms with Gasteiger partial charge in [0.05, 0.1) is 48.9 Å². The first-order valence-electron chi connectivity index (χ1n) is 13.4. The van der Waals surface area contributed by atoms with Gasteiger partial charge in [0.2, 0.25) is 5.91 Å². The van der Waals surface area contributed by atoms with Crippen LogP contribution in [0.1, 0.15) is 38.4 Å². The standard InChI is InChI=1S/C29H38N6O4Si/c1-19-11-21(7-10-25(19)38-17-20-12-27(36)32-13-20)24-15-30-16-26(34-24)35-28(37)33-22-8-9-23(31-14-22)18-39-40(5,6)29(2,3)4/h7-11,14-16,20H,12-13,17-18H2,1-6H3,(H,32,36)(H2,33,34,35,37). The lowest BCUT2D eigenvalue weighted by molar-refractivity contribution is -0.119. The number of nitrogens with zero attached hydrogens (tertiary/aromatic N) is 3. The fraction of sp³-hybridized carbons (Fsp3) is 0.414. The SMILES string of the molecule is Cc1cc(-c2cncc(NC(=O)Nc3ccc(CO[Si](C)(C)C(C)(C)C)nc3)n2)ccc1OCC1CNC(=O)C1. The molecule has 40 heavy (non-hydrogen) atoms. The first kappa shape index (κ1) is 29.2. The summed E-state index contributed by atoms with van der Waals surface area (Å²) in [7, 11) is -1.87. The van der Waals surface area contributed by atoms with Crippen molar-refractivity contribution in [2.45, 2.75) is 58.9 Å². The molecule has 1 atom stereocenters. The maximum absolute atomic E-state index is 12.6. The zero-order valence-corrected chi connectivity index (χ0v) is 25.0. The molecule has 3 amide bonds. The largest absolute Gasteiger partial charge is 0.493 e. The molecule has 10 nitrogen and oxygen atoms in total. The highest BCUT2D eigenvalue weighted by atomic mass is 28.4. The van der Waals surface area contributed by atoms with E-state index in [1.165, 1.54) is 6.20 Å². The average molecular weight is 563 g/mol. The van der Waals surface area contributed by atoms with Crippen LogP contribution in [0.2, 0.25) is 18.1 Å². The quantitative estimate of drug-likeness (QED) is 0.293. The van der Waals surface area contributed by atoms with E-state index < -0.39 is 14.3 Å². The van der Waals surface area contributed by atoms with Crippen molar-refractivity contribution in [2.24, 2.45) is 5.92 Å². The van der Waals surface area contributed by atoms with Gasteiger partial charge < -0.3 is 19.8 Å². The molecule has 11 heteroatoms. The first-order valence-corrected chi connectivity index (χ1v) is 16.3. The number of ether oxygens (including phenoxy) is 1. The summed E-state index contributed by atoms with van der Waals surface area (Å²) in [5.74, 6) is 1.33. The van der Waals surface area contributed by atoms with E-state index in [1.807, 2.05) is 31.2 Å². The molecule has 212 valence electrons. The number of aromatic nitrogens is 3. The number of benzene rings is 1. The topological polar surface area (TPSA) is 127 Å². The van der Waals surface area contributed by atoms with Gasteiger partial charge in [0.1, 0.15) is 5.75 Å². The highest BCUT2D eigenvalue weighted by molar-refractivity contribution is 6.74. The summed E-state index contributed by atoms with van der Waals surface area (Å²) in [6, 6.07) is 8.95. The molecule has 1 fully saturated rings. The van der Waals surface area contributed by atoms with E-state index in [2.05, 4.69) is 64.8 Å². The molecule has 1 saturated heterocycles. The molecule has 4 rings (SSSR count). The number of hydrogen-bond donors (Lipinski definition) is 3. The van der Waals surface area contributed by atoms with Crippen molar-refractivity contribution in [3.05, 3.63) is 60.2 Å². The molecule has 2 aromatic heterocycles. The van der Waals surface area contributed by atoms with Gasteiger partial charge in [-0.3, -0.25) is 20.1 Å². The van der Waals surface area contributed by atoms with Crippen molar-refractivity contribution in [3.8, 4) is 17.0 Å². The number of nitrogens with one attached hydrogen (secondary N) is 3. The van der Waals surface area contributed by atoms with Gasteiger partial charge in [-0.05, 0) is 61.0 Å². The molecule has 0 spiro atoms. The van der Waals surface area contributed by atoms with Gasteiger partial charge in [0.25, 0.3) is 0 Å². The van der Waals surface area contributed by atoms with Crippen LogP contribution in [-0.2, 0) is 15.8 Å². The molecular formula is C29H38N6O4Si. The van der Waals surface area contributed by atoms with Crippen LogP contribution in [0.5, 0.6) is 5.75 Å². The molecule has 0 aliphatic carbocycles. The van der Waals surface area contributed by atoms with Crippen LogP contribution in [0.3, 0.4) is 0 Å².